The zero-order chi connectivity index (χ0) is 17.6. The Hall–Kier alpha value is -2.24. The summed E-state index contributed by atoms with van der Waals surface area (Å²) in [5.41, 5.74) is 0. The van der Waals surface area contributed by atoms with Gasteiger partial charge in [0.05, 0.1) is 0 Å². The normalized spacial score (nSPS) is 11.7. The minimum atomic E-state index is -0.972. The van der Waals surface area contributed by atoms with E-state index in [-0.39, 0.29) is 0 Å². The van der Waals surface area contributed by atoms with Gasteiger partial charge in [-0.05, 0) is 31.4 Å². The molecule has 0 fully saturated rings. The Bertz CT molecular complexity index is 478. The van der Waals surface area contributed by atoms with Gasteiger partial charge in [-0.2, -0.15) is 0 Å². The van der Waals surface area contributed by atoms with Crippen LogP contribution in [0.25, 0.3) is 0 Å². The lowest BCUT2D eigenvalue weighted by Crippen LogP contribution is -2.26. The van der Waals surface area contributed by atoms with Crippen LogP contribution in [0.15, 0.2) is 30.3 Å². The average Bonchev–Trinajstić information content (AvgIpc) is 2.56. The number of amides is 1. The molecule has 0 saturated heterocycles. The number of unbranched alkanes of at least 4 members (excludes halogenated alkanes) is 6. The van der Waals surface area contributed by atoms with E-state index in [1.54, 1.807) is 12.1 Å². The van der Waals surface area contributed by atoms with Gasteiger partial charge in [0.25, 0.3) is 0 Å². The highest BCUT2D eigenvalue weighted by atomic mass is 16.5. The maximum absolute atomic E-state index is 11.2. The van der Waals surface area contributed by atoms with Crippen molar-refractivity contribution in [2.75, 3.05) is 6.54 Å². The number of carboxylic acids is 1. The molecule has 0 aliphatic carbocycles. The summed E-state index contributed by atoms with van der Waals surface area (Å²) in [5, 5.41) is 20.0. The van der Waals surface area contributed by atoms with E-state index in [0.29, 0.717) is 18.7 Å². The molecule has 6 nitrogen and oxygen atoms in total. The fourth-order valence-corrected chi connectivity index (χ4v) is 2.43. The van der Waals surface area contributed by atoms with Gasteiger partial charge in [0, 0.05) is 6.54 Å². The summed E-state index contributed by atoms with van der Waals surface area (Å²) in [7, 11) is 0. The second kappa shape index (κ2) is 12.2. The van der Waals surface area contributed by atoms with Crippen molar-refractivity contribution in [3.05, 3.63) is 30.3 Å². The highest BCUT2D eigenvalue weighted by Gasteiger charge is 2.18. The van der Waals surface area contributed by atoms with Crippen molar-refractivity contribution in [3.8, 4) is 5.75 Å². The summed E-state index contributed by atoms with van der Waals surface area (Å²) < 4.78 is 5.51. The quantitative estimate of drug-likeness (QED) is 0.474. The lowest BCUT2D eigenvalue weighted by Gasteiger charge is -2.14. The van der Waals surface area contributed by atoms with E-state index in [4.69, 9.17) is 9.84 Å². The molecule has 0 saturated carbocycles. The summed E-state index contributed by atoms with van der Waals surface area (Å²) in [6.45, 7) is 0.506. The second-order valence-electron chi connectivity index (χ2n) is 5.75. The molecule has 0 heterocycles. The number of rotatable bonds is 13. The Morgan fingerprint density at radius 1 is 0.917 bits per heavy atom. The summed E-state index contributed by atoms with van der Waals surface area (Å²) in [6, 6.07) is 9.02. The lowest BCUT2D eigenvalue weighted by atomic mass is 10.1. The van der Waals surface area contributed by atoms with E-state index in [9.17, 15) is 14.7 Å². The molecule has 0 radical (unpaired) electrons. The Labute approximate surface area is 142 Å². The molecular weight excluding hydrogens is 310 g/mol. The Kier molecular flexibility index (Phi) is 10.1. The highest BCUT2D eigenvalue weighted by molar-refractivity contribution is 5.72. The maximum atomic E-state index is 11.2. The number of carbonyl (C=O) groups is 2. The summed E-state index contributed by atoms with van der Waals surface area (Å²) in [6.07, 6.45) is 5.63. The monoisotopic (exact) mass is 337 g/mol. The zero-order valence-electron chi connectivity index (χ0n) is 13.9. The van der Waals surface area contributed by atoms with Crippen LogP contribution < -0.4 is 10.1 Å². The lowest BCUT2D eigenvalue weighted by molar-refractivity contribution is -0.145. The molecule has 1 aromatic carbocycles. The third-order valence-corrected chi connectivity index (χ3v) is 3.72. The van der Waals surface area contributed by atoms with E-state index in [2.05, 4.69) is 5.32 Å². The molecule has 1 rings (SSSR count). The molecule has 0 spiro atoms. The number of hydrogen-bond donors (Lipinski definition) is 3. The van der Waals surface area contributed by atoms with Crippen LogP contribution in [-0.2, 0) is 4.79 Å². The predicted molar refractivity (Wildman–Crippen MR) is 91.5 cm³/mol. The number of aliphatic carboxylic acids is 1. The van der Waals surface area contributed by atoms with Crippen LogP contribution in [-0.4, -0.2) is 34.9 Å². The molecule has 1 amide bonds. The molecule has 134 valence electrons. The molecule has 1 unspecified atom stereocenters. The van der Waals surface area contributed by atoms with Crippen LogP contribution in [0.5, 0.6) is 5.75 Å². The van der Waals surface area contributed by atoms with E-state index in [1.807, 2.05) is 18.2 Å². The average molecular weight is 337 g/mol. The largest absolute Gasteiger partial charge is 0.479 e. The van der Waals surface area contributed by atoms with Gasteiger partial charge in [-0.3, -0.25) is 0 Å². The first-order valence-corrected chi connectivity index (χ1v) is 8.51. The van der Waals surface area contributed by atoms with Gasteiger partial charge in [-0.15, -0.1) is 0 Å². The van der Waals surface area contributed by atoms with Gasteiger partial charge in [-0.1, -0.05) is 50.3 Å². The number of carboxylic acid groups (broad SMARTS) is 2. The van der Waals surface area contributed by atoms with Crippen molar-refractivity contribution >= 4 is 12.1 Å². The summed E-state index contributed by atoms with van der Waals surface area (Å²) in [4.78, 5) is 21.5. The van der Waals surface area contributed by atoms with Crippen molar-refractivity contribution in [2.45, 2.75) is 57.5 Å². The van der Waals surface area contributed by atoms with Crippen LogP contribution in [0.1, 0.15) is 51.4 Å². The fourth-order valence-electron chi connectivity index (χ4n) is 2.43. The number of para-hydroxylation sites is 1. The number of benzene rings is 1. The summed E-state index contributed by atoms with van der Waals surface area (Å²) in [5.74, 6) is -0.343. The standard InChI is InChI=1S/C18H27NO5/c20-17(21)16(24-15-11-7-6-8-12-15)13-9-4-2-1-3-5-10-14-19-18(22)23/h6-8,11-12,16,19H,1-5,9-10,13-14H2,(H,20,21)(H,22,23). The van der Waals surface area contributed by atoms with Gasteiger partial charge in [0.2, 0.25) is 0 Å². The van der Waals surface area contributed by atoms with Crippen LogP contribution in [0.4, 0.5) is 4.79 Å². The van der Waals surface area contributed by atoms with E-state index in [0.717, 1.165) is 44.9 Å². The van der Waals surface area contributed by atoms with Crippen molar-refractivity contribution < 1.29 is 24.5 Å². The molecule has 0 aromatic heterocycles. The molecule has 1 atom stereocenters. The van der Waals surface area contributed by atoms with E-state index < -0.39 is 18.2 Å². The third kappa shape index (κ3) is 9.71. The topological polar surface area (TPSA) is 95.9 Å². The second-order valence-corrected chi connectivity index (χ2v) is 5.75. The first-order chi connectivity index (χ1) is 11.6. The van der Waals surface area contributed by atoms with Crippen LogP contribution >= 0.6 is 0 Å². The number of nitrogens with one attached hydrogen (secondary N) is 1. The first-order valence-electron chi connectivity index (χ1n) is 8.51. The van der Waals surface area contributed by atoms with Crippen LogP contribution in [0.3, 0.4) is 0 Å². The van der Waals surface area contributed by atoms with Crippen molar-refractivity contribution in [2.24, 2.45) is 0 Å². The van der Waals surface area contributed by atoms with Crippen LogP contribution in [0, 0.1) is 0 Å². The van der Waals surface area contributed by atoms with Gasteiger partial charge in [-0.25, -0.2) is 9.59 Å². The molecule has 0 bridgehead atoms. The fraction of sp³-hybridized carbons (Fsp3) is 0.556. The maximum Gasteiger partial charge on any atom is 0.404 e. The van der Waals surface area contributed by atoms with Gasteiger partial charge >= 0.3 is 12.1 Å². The molecule has 0 aliphatic heterocycles. The smallest absolute Gasteiger partial charge is 0.404 e. The SMILES string of the molecule is O=C(O)NCCCCCCCCCC(Oc1ccccc1)C(=O)O. The first kappa shape index (κ1) is 19.8. The molecule has 24 heavy (non-hydrogen) atoms. The Morgan fingerprint density at radius 2 is 1.50 bits per heavy atom. The minimum absolute atomic E-state index is 0.506. The van der Waals surface area contributed by atoms with Gasteiger partial charge in [0.1, 0.15) is 5.75 Å². The molecular formula is C18H27NO5. The third-order valence-electron chi connectivity index (χ3n) is 3.72. The van der Waals surface area contributed by atoms with E-state index >= 15 is 0 Å². The summed E-state index contributed by atoms with van der Waals surface area (Å²) >= 11 is 0. The van der Waals surface area contributed by atoms with Crippen molar-refractivity contribution in [3.63, 3.8) is 0 Å². The van der Waals surface area contributed by atoms with Crippen molar-refractivity contribution in [1.29, 1.82) is 0 Å². The zero-order valence-corrected chi connectivity index (χ0v) is 13.9. The minimum Gasteiger partial charge on any atom is -0.479 e. The molecule has 6 heteroatoms. The Balaban J connectivity index is 2.05. The molecule has 0 aliphatic rings. The highest BCUT2D eigenvalue weighted by Crippen LogP contribution is 2.16. The molecule has 1 aromatic rings. The van der Waals surface area contributed by atoms with E-state index in [1.165, 1.54) is 0 Å². The van der Waals surface area contributed by atoms with Crippen LogP contribution in [0.2, 0.25) is 0 Å². The molecule has 3 N–H and O–H groups in total. The Morgan fingerprint density at radius 3 is 2.08 bits per heavy atom. The number of ether oxygens (including phenoxy) is 1. The van der Waals surface area contributed by atoms with Gasteiger partial charge in [0.15, 0.2) is 6.10 Å². The van der Waals surface area contributed by atoms with Gasteiger partial charge < -0.3 is 20.3 Å². The number of hydrogen-bond acceptors (Lipinski definition) is 3. The van der Waals surface area contributed by atoms with Crippen molar-refractivity contribution in [1.82, 2.24) is 5.32 Å². The predicted octanol–water partition coefficient (Wildman–Crippen LogP) is 3.91.